The van der Waals surface area contributed by atoms with Gasteiger partial charge in [-0.1, -0.05) is 30.3 Å². The van der Waals surface area contributed by atoms with Gasteiger partial charge in [-0.15, -0.1) is 0 Å². The second-order valence-electron chi connectivity index (χ2n) is 4.92. The molecule has 0 unspecified atom stereocenters. The molecule has 0 radical (unpaired) electrons. The number of fused-ring (bicyclic) bond motifs is 1. The van der Waals surface area contributed by atoms with Crippen LogP contribution >= 0.6 is 0 Å². The molecule has 2 aromatic heterocycles. The molecule has 3 rings (SSSR count). The van der Waals surface area contributed by atoms with Gasteiger partial charge in [0, 0.05) is 17.7 Å². The van der Waals surface area contributed by atoms with Crippen LogP contribution in [0.15, 0.2) is 35.1 Å². The van der Waals surface area contributed by atoms with Crippen molar-refractivity contribution in [2.45, 2.75) is 26.7 Å². The van der Waals surface area contributed by atoms with E-state index in [0.29, 0.717) is 11.3 Å². The monoisotopic (exact) mass is 268 g/mol. The number of benzene rings is 1. The van der Waals surface area contributed by atoms with E-state index in [-0.39, 0.29) is 5.56 Å². The molecule has 0 saturated carbocycles. The molecule has 5 nitrogen and oxygen atoms in total. The summed E-state index contributed by atoms with van der Waals surface area (Å²) in [4.78, 5) is 20.8. The van der Waals surface area contributed by atoms with Crippen LogP contribution in [0, 0.1) is 13.8 Å². The number of hydrogen-bond acceptors (Lipinski definition) is 3. The molecule has 1 N–H and O–H groups in total. The first-order valence-corrected chi connectivity index (χ1v) is 6.64. The topological polar surface area (TPSA) is 63.1 Å². The average Bonchev–Trinajstić information content (AvgIpc) is 2.87. The Morgan fingerprint density at radius 2 is 1.85 bits per heavy atom. The lowest BCUT2D eigenvalue weighted by Crippen LogP contribution is -2.19. The summed E-state index contributed by atoms with van der Waals surface area (Å²) in [6.45, 7) is 3.61. The van der Waals surface area contributed by atoms with E-state index in [1.807, 2.05) is 25.1 Å². The van der Waals surface area contributed by atoms with E-state index in [2.05, 4.69) is 27.2 Å². The number of nitrogens with zero attached hydrogens (tertiary/aromatic N) is 3. The molecular weight excluding hydrogens is 252 g/mol. The first-order chi connectivity index (χ1) is 9.65. The minimum absolute atomic E-state index is 0.0778. The maximum Gasteiger partial charge on any atom is 0.277 e. The molecule has 5 heteroatoms. The summed E-state index contributed by atoms with van der Waals surface area (Å²) >= 11 is 0. The highest BCUT2D eigenvalue weighted by atomic mass is 16.1. The van der Waals surface area contributed by atoms with Crippen molar-refractivity contribution in [2.75, 3.05) is 0 Å². The second kappa shape index (κ2) is 4.92. The number of rotatable bonds is 3. The standard InChI is InChI=1S/C15H16N4O/c1-10-11(2)16-15-17-13(18-19(15)14(10)20)9-8-12-6-4-3-5-7-12/h3-7H,8-9H2,1-2H3,(H,16,17,18). The van der Waals surface area contributed by atoms with Gasteiger partial charge in [-0.3, -0.25) is 9.89 Å². The Kier molecular flexibility index (Phi) is 3.10. The van der Waals surface area contributed by atoms with Gasteiger partial charge in [0.25, 0.3) is 11.3 Å². The lowest BCUT2D eigenvalue weighted by molar-refractivity contribution is 0.812. The minimum atomic E-state index is -0.0778. The quantitative estimate of drug-likeness (QED) is 0.788. The predicted octanol–water partition coefficient (Wildman–Crippen LogP) is 1.82. The number of H-pyrrole nitrogens is 1. The van der Waals surface area contributed by atoms with Gasteiger partial charge in [0.15, 0.2) is 0 Å². The third-order valence-corrected chi connectivity index (χ3v) is 3.50. The van der Waals surface area contributed by atoms with Crippen LogP contribution in [-0.2, 0) is 12.8 Å². The number of aromatic amines is 1. The Hall–Kier alpha value is -2.43. The third-order valence-electron chi connectivity index (χ3n) is 3.50. The van der Waals surface area contributed by atoms with E-state index in [0.717, 1.165) is 24.4 Å². The summed E-state index contributed by atoms with van der Waals surface area (Å²) in [5.74, 6) is 1.23. The molecule has 20 heavy (non-hydrogen) atoms. The summed E-state index contributed by atoms with van der Waals surface area (Å²) < 4.78 is 1.42. The van der Waals surface area contributed by atoms with E-state index < -0.39 is 0 Å². The zero-order valence-electron chi connectivity index (χ0n) is 11.6. The normalized spacial score (nSPS) is 11.1. The summed E-state index contributed by atoms with van der Waals surface area (Å²) in [6, 6.07) is 10.2. The van der Waals surface area contributed by atoms with Crippen molar-refractivity contribution in [3.8, 4) is 0 Å². The number of aryl methyl sites for hydroxylation is 3. The van der Waals surface area contributed by atoms with Crippen molar-refractivity contribution >= 4 is 5.78 Å². The highest BCUT2D eigenvalue weighted by Gasteiger charge is 2.09. The van der Waals surface area contributed by atoms with Gasteiger partial charge >= 0.3 is 0 Å². The first-order valence-electron chi connectivity index (χ1n) is 6.64. The summed E-state index contributed by atoms with van der Waals surface area (Å²) in [6.07, 6.45) is 1.64. The van der Waals surface area contributed by atoms with E-state index >= 15 is 0 Å². The number of nitrogens with one attached hydrogen (secondary N) is 1. The van der Waals surface area contributed by atoms with E-state index in [1.165, 1.54) is 10.1 Å². The Balaban J connectivity index is 1.90. The zero-order valence-corrected chi connectivity index (χ0v) is 11.6. The lowest BCUT2D eigenvalue weighted by Gasteiger charge is -1.98. The van der Waals surface area contributed by atoms with Crippen LogP contribution in [0.2, 0.25) is 0 Å². The van der Waals surface area contributed by atoms with Crippen LogP contribution in [0.4, 0.5) is 0 Å². The average molecular weight is 268 g/mol. The molecule has 1 aromatic carbocycles. The summed E-state index contributed by atoms with van der Waals surface area (Å²) in [7, 11) is 0. The van der Waals surface area contributed by atoms with Gasteiger partial charge in [0.05, 0.1) is 0 Å². The fourth-order valence-electron chi connectivity index (χ4n) is 2.17. The fraction of sp³-hybridized carbons (Fsp3) is 0.267. The van der Waals surface area contributed by atoms with Gasteiger partial charge in [-0.05, 0) is 25.8 Å². The van der Waals surface area contributed by atoms with Crippen LogP contribution in [-0.4, -0.2) is 19.6 Å². The smallest absolute Gasteiger partial charge is 0.275 e. The van der Waals surface area contributed by atoms with Crippen molar-refractivity contribution in [3.05, 3.63) is 63.3 Å². The maximum atomic E-state index is 12.1. The van der Waals surface area contributed by atoms with Gasteiger partial charge in [0.1, 0.15) is 5.82 Å². The molecular formula is C15H16N4O. The van der Waals surface area contributed by atoms with Crippen LogP contribution in [0.25, 0.3) is 5.78 Å². The van der Waals surface area contributed by atoms with Gasteiger partial charge in [0.2, 0.25) is 0 Å². The van der Waals surface area contributed by atoms with Crippen molar-refractivity contribution in [2.24, 2.45) is 0 Å². The molecule has 0 saturated heterocycles. The molecule has 0 aliphatic heterocycles. The molecule has 0 aliphatic rings. The molecule has 0 amide bonds. The summed E-state index contributed by atoms with van der Waals surface area (Å²) in [5, 5.41) is 3.03. The SMILES string of the molecule is Cc1nc2nc(CCc3ccccc3)[nH]n2c(=O)c1C. The van der Waals surface area contributed by atoms with Crippen LogP contribution in [0.1, 0.15) is 22.6 Å². The largest absolute Gasteiger partial charge is 0.277 e. The molecule has 0 atom stereocenters. The van der Waals surface area contributed by atoms with Crippen LogP contribution in [0.5, 0.6) is 0 Å². The molecule has 0 bridgehead atoms. The number of aromatic nitrogens is 4. The highest BCUT2D eigenvalue weighted by Crippen LogP contribution is 2.05. The van der Waals surface area contributed by atoms with Crippen molar-refractivity contribution in [1.29, 1.82) is 0 Å². The molecule has 0 fully saturated rings. The van der Waals surface area contributed by atoms with Gasteiger partial charge in [-0.2, -0.15) is 9.50 Å². The molecule has 0 aliphatic carbocycles. The molecule has 2 heterocycles. The lowest BCUT2D eigenvalue weighted by atomic mass is 10.1. The highest BCUT2D eigenvalue weighted by molar-refractivity contribution is 5.31. The van der Waals surface area contributed by atoms with Crippen LogP contribution < -0.4 is 5.56 Å². The van der Waals surface area contributed by atoms with E-state index in [4.69, 9.17) is 0 Å². The molecule has 0 spiro atoms. The van der Waals surface area contributed by atoms with E-state index in [9.17, 15) is 4.79 Å². The van der Waals surface area contributed by atoms with Gasteiger partial charge in [-0.25, -0.2) is 4.98 Å². The predicted molar refractivity (Wildman–Crippen MR) is 76.9 cm³/mol. The second-order valence-corrected chi connectivity index (χ2v) is 4.92. The van der Waals surface area contributed by atoms with Crippen molar-refractivity contribution in [3.63, 3.8) is 0 Å². The Labute approximate surface area is 116 Å². The number of hydrogen-bond donors (Lipinski definition) is 1. The zero-order chi connectivity index (χ0) is 14.1. The Bertz CT molecular complexity index is 802. The van der Waals surface area contributed by atoms with Gasteiger partial charge < -0.3 is 0 Å². The third kappa shape index (κ3) is 2.22. The molecule has 3 aromatic rings. The van der Waals surface area contributed by atoms with Crippen molar-refractivity contribution in [1.82, 2.24) is 19.6 Å². The Morgan fingerprint density at radius 1 is 1.10 bits per heavy atom. The summed E-state index contributed by atoms with van der Waals surface area (Å²) in [5.41, 5.74) is 2.56. The first kappa shape index (κ1) is 12.6. The minimum Gasteiger partial charge on any atom is -0.275 e. The van der Waals surface area contributed by atoms with E-state index in [1.54, 1.807) is 6.92 Å². The van der Waals surface area contributed by atoms with Crippen molar-refractivity contribution < 1.29 is 0 Å². The maximum absolute atomic E-state index is 12.1. The molecule has 102 valence electrons. The Morgan fingerprint density at radius 3 is 2.60 bits per heavy atom. The fourth-order valence-corrected chi connectivity index (χ4v) is 2.17. The van der Waals surface area contributed by atoms with Crippen LogP contribution in [0.3, 0.4) is 0 Å².